The summed E-state index contributed by atoms with van der Waals surface area (Å²) < 4.78 is 0. The van der Waals surface area contributed by atoms with Crippen LogP contribution < -0.4 is 5.32 Å². The van der Waals surface area contributed by atoms with Crippen molar-refractivity contribution >= 4 is 29.4 Å². The van der Waals surface area contributed by atoms with Crippen LogP contribution in [0.15, 0.2) is 18.2 Å². The molecule has 114 valence electrons. The van der Waals surface area contributed by atoms with Crippen molar-refractivity contribution in [2.75, 3.05) is 23.4 Å². The highest BCUT2D eigenvalue weighted by Crippen LogP contribution is 2.22. The first kappa shape index (κ1) is 15.7. The summed E-state index contributed by atoms with van der Waals surface area (Å²) in [5.74, 6) is 0.648. The molecule has 2 N–H and O–H groups in total. The van der Waals surface area contributed by atoms with Gasteiger partial charge in [0, 0.05) is 23.7 Å². The molecule has 21 heavy (non-hydrogen) atoms. The molecular formula is C15H20N2O3S. The second-order valence-electron chi connectivity index (χ2n) is 5.27. The number of anilines is 1. The van der Waals surface area contributed by atoms with Gasteiger partial charge in [-0.1, -0.05) is 12.1 Å². The fraction of sp³-hybridized carbons (Fsp3) is 0.467. The van der Waals surface area contributed by atoms with Gasteiger partial charge in [-0.2, -0.15) is 11.8 Å². The minimum absolute atomic E-state index is 0.00673. The lowest BCUT2D eigenvalue weighted by molar-refractivity contribution is -0.137. The predicted octanol–water partition coefficient (Wildman–Crippen LogP) is 2.73. The lowest BCUT2D eigenvalue weighted by Crippen LogP contribution is -2.49. The number of thioether (sulfide) groups is 1. The molecule has 1 fully saturated rings. The van der Waals surface area contributed by atoms with Gasteiger partial charge in [0.15, 0.2) is 0 Å². The molecule has 1 aliphatic rings. The highest BCUT2D eigenvalue weighted by molar-refractivity contribution is 7.99. The van der Waals surface area contributed by atoms with Gasteiger partial charge in [-0.25, -0.2) is 4.79 Å². The molecule has 0 saturated carbocycles. The number of carboxylic acids is 1. The molecule has 6 heteroatoms. The number of nitrogens with zero attached hydrogens (tertiary/aromatic N) is 1. The van der Waals surface area contributed by atoms with E-state index in [9.17, 15) is 9.59 Å². The molecule has 1 unspecified atom stereocenters. The molecule has 0 aromatic heterocycles. The Morgan fingerprint density at radius 2 is 2.19 bits per heavy atom. The van der Waals surface area contributed by atoms with Crippen molar-refractivity contribution in [3.63, 3.8) is 0 Å². The minimum atomic E-state index is -0.868. The molecule has 2 amide bonds. The van der Waals surface area contributed by atoms with Gasteiger partial charge in [0.2, 0.25) is 0 Å². The van der Waals surface area contributed by atoms with Crippen molar-refractivity contribution in [1.29, 1.82) is 0 Å². The third-order valence-electron chi connectivity index (χ3n) is 3.53. The average molecular weight is 308 g/mol. The van der Waals surface area contributed by atoms with Crippen molar-refractivity contribution in [3.05, 3.63) is 29.3 Å². The molecule has 0 bridgehead atoms. The molecule has 0 aliphatic carbocycles. The molecule has 0 radical (unpaired) electrons. The van der Waals surface area contributed by atoms with Crippen molar-refractivity contribution in [3.8, 4) is 0 Å². The fourth-order valence-electron chi connectivity index (χ4n) is 2.35. The number of carboxylic acid groups (broad SMARTS) is 1. The lowest BCUT2D eigenvalue weighted by Gasteiger charge is -2.34. The zero-order valence-electron chi connectivity index (χ0n) is 12.3. The van der Waals surface area contributed by atoms with Crippen LogP contribution in [0.1, 0.15) is 17.5 Å². The van der Waals surface area contributed by atoms with E-state index in [1.165, 1.54) is 0 Å². The zero-order chi connectivity index (χ0) is 15.4. The Bertz CT molecular complexity index is 548. The van der Waals surface area contributed by atoms with Crippen molar-refractivity contribution < 1.29 is 14.7 Å². The molecule has 1 atom stereocenters. The van der Waals surface area contributed by atoms with Gasteiger partial charge in [0.25, 0.3) is 0 Å². The van der Waals surface area contributed by atoms with E-state index in [1.807, 2.05) is 32.0 Å². The predicted molar refractivity (Wildman–Crippen MR) is 85.0 cm³/mol. The van der Waals surface area contributed by atoms with Crippen LogP contribution >= 0.6 is 11.8 Å². The van der Waals surface area contributed by atoms with Crippen LogP contribution in [0.2, 0.25) is 0 Å². The summed E-state index contributed by atoms with van der Waals surface area (Å²) in [5.41, 5.74) is 2.86. The van der Waals surface area contributed by atoms with Gasteiger partial charge >= 0.3 is 12.0 Å². The number of urea groups is 1. The highest BCUT2D eigenvalue weighted by atomic mass is 32.2. The van der Waals surface area contributed by atoms with Crippen LogP contribution in [0.25, 0.3) is 0 Å². The van der Waals surface area contributed by atoms with Gasteiger partial charge in [0.1, 0.15) is 0 Å². The molecule has 1 aromatic carbocycles. The number of amides is 2. The Kier molecular flexibility index (Phi) is 5.12. The first-order valence-corrected chi connectivity index (χ1v) is 8.07. The van der Waals surface area contributed by atoms with Crippen LogP contribution in [0.4, 0.5) is 10.5 Å². The standard InChI is InChI=1S/C15H20N2O3S/c1-10-3-4-11(2)13(7-10)16-15(20)17-5-6-21-9-12(17)8-14(18)19/h3-4,7,12H,5-6,8-9H2,1-2H3,(H,16,20)(H,18,19). The molecule has 5 nitrogen and oxygen atoms in total. The van der Waals surface area contributed by atoms with Gasteiger partial charge in [0.05, 0.1) is 12.5 Å². The number of rotatable bonds is 3. The second-order valence-corrected chi connectivity index (χ2v) is 6.42. The van der Waals surface area contributed by atoms with E-state index < -0.39 is 5.97 Å². The number of hydrogen-bond acceptors (Lipinski definition) is 3. The van der Waals surface area contributed by atoms with Crippen LogP contribution in [0, 0.1) is 13.8 Å². The normalized spacial score (nSPS) is 18.4. The maximum absolute atomic E-state index is 12.4. The van der Waals surface area contributed by atoms with E-state index in [1.54, 1.807) is 16.7 Å². The summed E-state index contributed by atoms with van der Waals surface area (Å²) in [7, 11) is 0. The number of benzene rings is 1. The summed E-state index contributed by atoms with van der Waals surface area (Å²) >= 11 is 1.69. The number of carbonyl (C=O) groups excluding carboxylic acids is 1. The van der Waals surface area contributed by atoms with E-state index in [4.69, 9.17) is 5.11 Å². The first-order chi connectivity index (χ1) is 9.97. The Morgan fingerprint density at radius 1 is 1.43 bits per heavy atom. The van der Waals surface area contributed by atoms with Crippen molar-refractivity contribution in [2.24, 2.45) is 0 Å². The number of carbonyl (C=O) groups is 2. The monoisotopic (exact) mass is 308 g/mol. The number of aliphatic carboxylic acids is 1. The number of nitrogens with one attached hydrogen (secondary N) is 1. The van der Waals surface area contributed by atoms with E-state index in [2.05, 4.69) is 5.32 Å². The van der Waals surface area contributed by atoms with E-state index in [0.717, 1.165) is 22.6 Å². The van der Waals surface area contributed by atoms with Gasteiger partial charge < -0.3 is 15.3 Å². The Hall–Kier alpha value is -1.69. The summed E-state index contributed by atoms with van der Waals surface area (Å²) in [6, 6.07) is 5.43. The fourth-order valence-corrected chi connectivity index (χ4v) is 3.41. The van der Waals surface area contributed by atoms with Crippen molar-refractivity contribution in [1.82, 2.24) is 4.90 Å². The Labute approximate surface area is 128 Å². The highest BCUT2D eigenvalue weighted by Gasteiger charge is 2.29. The number of aryl methyl sites for hydroxylation is 2. The Morgan fingerprint density at radius 3 is 2.90 bits per heavy atom. The minimum Gasteiger partial charge on any atom is -0.481 e. The Balaban J connectivity index is 2.10. The van der Waals surface area contributed by atoms with E-state index in [0.29, 0.717) is 12.3 Å². The van der Waals surface area contributed by atoms with Crippen LogP contribution in [0.5, 0.6) is 0 Å². The van der Waals surface area contributed by atoms with Crippen LogP contribution in [0.3, 0.4) is 0 Å². The molecule has 1 aliphatic heterocycles. The molecule has 1 saturated heterocycles. The smallest absolute Gasteiger partial charge is 0.322 e. The van der Waals surface area contributed by atoms with Crippen LogP contribution in [-0.2, 0) is 4.79 Å². The summed E-state index contributed by atoms with van der Waals surface area (Å²) in [4.78, 5) is 25.0. The van der Waals surface area contributed by atoms with Gasteiger partial charge in [-0.15, -0.1) is 0 Å². The molecule has 1 aromatic rings. The third kappa shape index (κ3) is 4.14. The SMILES string of the molecule is Cc1ccc(C)c(NC(=O)N2CCSCC2CC(=O)O)c1. The summed E-state index contributed by atoms with van der Waals surface area (Å²) in [6.07, 6.45) is -0.00673. The average Bonchev–Trinajstić information content (AvgIpc) is 2.42. The maximum atomic E-state index is 12.4. The lowest BCUT2D eigenvalue weighted by atomic mass is 10.1. The molecule has 2 rings (SSSR count). The summed E-state index contributed by atoms with van der Waals surface area (Å²) in [5, 5.41) is 11.9. The summed E-state index contributed by atoms with van der Waals surface area (Å²) in [6.45, 7) is 4.50. The topological polar surface area (TPSA) is 69.6 Å². The van der Waals surface area contributed by atoms with E-state index in [-0.39, 0.29) is 18.5 Å². The van der Waals surface area contributed by atoms with Gasteiger partial charge in [-0.3, -0.25) is 4.79 Å². The molecule has 0 spiro atoms. The molecular weight excluding hydrogens is 288 g/mol. The maximum Gasteiger partial charge on any atom is 0.322 e. The van der Waals surface area contributed by atoms with Crippen molar-refractivity contribution in [2.45, 2.75) is 26.3 Å². The van der Waals surface area contributed by atoms with Crippen LogP contribution in [-0.4, -0.2) is 46.1 Å². The zero-order valence-corrected chi connectivity index (χ0v) is 13.1. The number of hydrogen-bond donors (Lipinski definition) is 2. The third-order valence-corrected chi connectivity index (χ3v) is 4.63. The second kappa shape index (κ2) is 6.85. The quantitative estimate of drug-likeness (QED) is 0.901. The van der Waals surface area contributed by atoms with E-state index >= 15 is 0 Å². The first-order valence-electron chi connectivity index (χ1n) is 6.92. The molecule has 1 heterocycles. The van der Waals surface area contributed by atoms with Gasteiger partial charge in [-0.05, 0) is 31.0 Å². The largest absolute Gasteiger partial charge is 0.481 e.